The van der Waals surface area contributed by atoms with Gasteiger partial charge in [0.1, 0.15) is 17.1 Å². The summed E-state index contributed by atoms with van der Waals surface area (Å²) in [6, 6.07) is 16.4. The van der Waals surface area contributed by atoms with Gasteiger partial charge >= 0.3 is 0 Å². The molecule has 2 unspecified atom stereocenters. The fourth-order valence-corrected chi connectivity index (χ4v) is 5.85. The van der Waals surface area contributed by atoms with Gasteiger partial charge in [0.15, 0.2) is 5.82 Å². The first-order chi connectivity index (χ1) is 20.1. The lowest BCUT2D eigenvalue weighted by Gasteiger charge is -2.22. The number of H-pyrrole nitrogens is 1. The molecule has 2 heterocycles. The van der Waals surface area contributed by atoms with Crippen molar-refractivity contribution < 1.29 is 19.1 Å². The summed E-state index contributed by atoms with van der Waals surface area (Å²) in [6.07, 6.45) is 6.00. The number of nitrogens with one attached hydrogen (secondary N) is 3. The van der Waals surface area contributed by atoms with E-state index in [-0.39, 0.29) is 11.8 Å². The van der Waals surface area contributed by atoms with Crippen molar-refractivity contribution in [1.29, 1.82) is 0 Å². The van der Waals surface area contributed by atoms with Crippen LogP contribution in [-0.4, -0.2) is 58.7 Å². The zero-order valence-electron chi connectivity index (χ0n) is 23.0. The number of methoxy groups -OCH3 is 2. The SMILES string of the molecule is COc1ccc(NC=O)c(C2CC2c2ccc3c(Nc4ccc(C(=O)N(C5CC5)C5CC5)nc4OC)n[nH]c3c2)c1. The van der Waals surface area contributed by atoms with E-state index in [4.69, 9.17) is 9.47 Å². The van der Waals surface area contributed by atoms with Gasteiger partial charge < -0.3 is 25.0 Å². The Morgan fingerprint density at radius 1 is 0.976 bits per heavy atom. The number of pyridine rings is 1. The lowest BCUT2D eigenvalue weighted by molar-refractivity contribution is -0.105. The first kappa shape index (κ1) is 25.4. The number of rotatable bonds is 11. The van der Waals surface area contributed by atoms with E-state index in [0.717, 1.165) is 60.0 Å². The van der Waals surface area contributed by atoms with E-state index in [0.29, 0.717) is 47.5 Å². The average molecular weight is 553 g/mol. The van der Waals surface area contributed by atoms with Crippen LogP contribution in [0.15, 0.2) is 48.5 Å². The number of anilines is 3. The third kappa shape index (κ3) is 4.83. The Balaban J connectivity index is 1.10. The molecule has 210 valence electrons. The maximum atomic E-state index is 13.2. The van der Waals surface area contributed by atoms with Crippen LogP contribution in [0.1, 0.15) is 65.6 Å². The smallest absolute Gasteiger partial charge is 0.273 e. The van der Waals surface area contributed by atoms with Crippen LogP contribution in [-0.2, 0) is 4.79 Å². The molecule has 2 atom stereocenters. The number of benzene rings is 2. The molecular weight excluding hydrogens is 520 g/mol. The second-order valence-corrected chi connectivity index (χ2v) is 11.1. The van der Waals surface area contributed by atoms with Crippen LogP contribution < -0.4 is 20.1 Å². The number of nitrogens with zero attached hydrogens (tertiary/aromatic N) is 3. The fraction of sp³-hybridized carbons (Fsp3) is 0.355. The predicted molar refractivity (Wildman–Crippen MR) is 155 cm³/mol. The molecule has 0 bridgehead atoms. The molecular formula is C31H32N6O4. The van der Waals surface area contributed by atoms with Crippen molar-refractivity contribution in [2.75, 3.05) is 24.9 Å². The van der Waals surface area contributed by atoms with Crippen LogP contribution in [0.4, 0.5) is 17.2 Å². The molecule has 10 nitrogen and oxygen atoms in total. The van der Waals surface area contributed by atoms with E-state index in [1.54, 1.807) is 20.3 Å². The standard InChI is InChI=1S/C31H32N6O4/c1-40-20-8-10-25(32-16-38)24(14-20)23-15-22(23)17-3-9-21-28(13-17)35-36-29(21)33-26-11-12-27(34-30(26)41-2)31(39)37(18-4-5-18)19-6-7-19/h3,8-14,16,18-19,22-23H,4-7,15H2,1-2H3,(H,32,38)(H2,33,35,36). The molecule has 41 heavy (non-hydrogen) atoms. The summed E-state index contributed by atoms with van der Waals surface area (Å²) in [6.45, 7) is 0. The Kier molecular flexibility index (Phi) is 6.25. The van der Waals surface area contributed by atoms with Crippen molar-refractivity contribution in [3.8, 4) is 11.6 Å². The lowest BCUT2D eigenvalue weighted by Crippen LogP contribution is -2.35. The Hall–Kier alpha value is -4.60. The van der Waals surface area contributed by atoms with Gasteiger partial charge in [-0.3, -0.25) is 14.7 Å². The summed E-state index contributed by atoms with van der Waals surface area (Å²) in [5.41, 5.74) is 5.05. The van der Waals surface area contributed by atoms with Gasteiger partial charge in [0.05, 0.1) is 19.7 Å². The van der Waals surface area contributed by atoms with E-state index in [9.17, 15) is 9.59 Å². The number of hydrogen-bond donors (Lipinski definition) is 3. The van der Waals surface area contributed by atoms with Crippen LogP contribution in [0, 0.1) is 0 Å². The Morgan fingerprint density at radius 2 is 1.76 bits per heavy atom. The highest BCUT2D eigenvalue weighted by Gasteiger charge is 2.43. The van der Waals surface area contributed by atoms with Crippen LogP contribution in [0.5, 0.6) is 11.6 Å². The molecule has 0 spiro atoms. The summed E-state index contributed by atoms with van der Waals surface area (Å²) in [4.78, 5) is 30.9. The van der Waals surface area contributed by atoms with Gasteiger partial charge in [-0.25, -0.2) is 4.98 Å². The lowest BCUT2D eigenvalue weighted by atomic mass is 10.0. The molecule has 3 aliphatic rings. The first-order valence-corrected chi connectivity index (χ1v) is 14.1. The van der Waals surface area contributed by atoms with Crippen LogP contribution in [0.2, 0.25) is 0 Å². The van der Waals surface area contributed by atoms with Gasteiger partial charge in [-0.1, -0.05) is 6.07 Å². The zero-order valence-corrected chi connectivity index (χ0v) is 23.0. The molecule has 3 aliphatic carbocycles. The maximum absolute atomic E-state index is 13.2. The summed E-state index contributed by atoms with van der Waals surface area (Å²) >= 11 is 0. The Bertz CT molecular complexity index is 1630. The van der Waals surface area contributed by atoms with Gasteiger partial charge in [-0.15, -0.1) is 0 Å². The minimum atomic E-state index is -0.0148. The molecule has 10 heteroatoms. The molecule has 0 saturated heterocycles. The minimum absolute atomic E-state index is 0.0148. The van der Waals surface area contributed by atoms with Gasteiger partial charge in [0, 0.05) is 23.2 Å². The maximum Gasteiger partial charge on any atom is 0.273 e. The molecule has 2 aromatic heterocycles. The average Bonchev–Trinajstić information content (AvgIpc) is 3.87. The molecule has 0 radical (unpaired) electrons. The largest absolute Gasteiger partial charge is 0.497 e. The summed E-state index contributed by atoms with van der Waals surface area (Å²) in [7, 11) is 3.20. The van der Waals surface area contributed by atoms with E-state index in [1.807, 2.05) is 29.2 Å². The number of fused-ring (bicyclic) bond motifs is 1. The van der Waals surface area contributed by atoms with Crippen molar-refractivity contribution in [1.82, 2.24) is 20.1 Å². The summed E-state index contributed by atoms with van der Waals surface area (Å²) < 4.78 is 11.0. The molecule has 3 fully saturated rings. The molecule has 4 aromatic rings. The number of ether oxygens (including phenoxy) is 2. The summed E-state index contributed by atoms with van der Waals surface area (Å²) in [5.74, 6) is 2.39. The second-order valence-electron chi connectivity index (χ2n) is 11.1. The highest BCUT2D eigenvalue weighted by Crippen LogP contribution is 2.57. The van der Waals surface area contributed by atoms with Crippen LogP contribution in [0.3, 0.4) is 0 Å². The van der Waals surface area contributed by atoms with Crippen LogP contribution >= 0.6 is 0 Å². The number of amides is 2. The van der Waals surface area contributed by atoms with E-state index in [2.05, 4.69) is 44.0 Å². The van der Waals surface area contributed by atoms with Gasteiger partial charge in [0.2, 0.25) is 12.3 Å². The fourth-order valence-electron chi connectivity index (χ4n) is 5.85. The van der Waals surface area contributed by atoms with Gasteiger partial charge in [0.25, 0.3) is 5.91 Å². The molecule has 7 rings (SSSR count). The van der Waals surface area contributed by atoms with Crippen molar-refractivity contribution >= 4 is 40.4 Å². The number of carbonyl (C=O) groups excluding carboxylic acids is 2. The molecule has 3 saturated carbocycles. The van der Waals surface area contributed by atoms with E-state index >= 15 is 0 Å². The Labute approximate surface area is 237 Å². The van der Waals surface area contributed by atoms with Gasteiger partial charge in [-0.2, -0.15) is 5.10 Å². The molecule has 0 aliphatic heterocycles. The minimum Gasteiger partial charge on any atom is -0.497 e. The second kappa shape index (κ2) is 10.1. The third-order valence-electron chi connectivity index (χ3n) is 8.32. The number of carbonyl (C=O) groups is 2. The summed E-state index contributed by atoms with van der Waals surface area (Å²) in [5, 5.41) is 14.7. The highest BCUT2D eigenvalue weighted by molar-refractivity contribution is 5.95. The number of aromatic nitrogens is 3. The third-order valence-corrected chi connectivity index (χ3v) is 8.32. The van der Waals surface area contributed by atoms with Crippen molar-refractivity contribution in [3.05, 3.63) is 65.4 Å². The van der Waals surface area contributed by atoms with Crippen LogP contribution in [0.25, 0.3) is 10.9 Å². The zero-order chi connectivity index (χ0) is 28.1. The van der Waals surface area contributed by atoms with Gasteiger partial charge in [-0.05, 0) is 97.5 Å². The van der Waals surface area contributed by atoms with Crippen molar-refractivity contribution in [3.63, 3.8) is 0 Å². The molecule has 2 amide bonds. The first-order valence-electron chi connectivity index (χ1n) is 14.1. The number of aromatic amines is 1. The van der Waals surface area contributed by atoms with E-state index < -0.39 is 0 Å². The van der Waals surface area contributed by atoms with Crippen molar-refractivity contribution in [2.45, 2.75) is 56.0 Å². The monoisotopic (exact) mass is 552 g/mol. The van der Waals surface area contributed by atoms with Crippen molar-refractivity contribution in [2.24, 2.45) is 0 Å². The quantitative estimate of drug-likeness (QED) is 0.215. The normalized spacial score (nSPS) is 19.5. The number of hydrogen-bond acceptors (Lipinski definition) is 7. The highest BCUT2D eigenvalue weighted by atomic mass is 16.5. The topological polar surface area (TPSA) is 121 Å². The molecule has 3 N–H and O–H groups in total. The Morgan fingerprint density at radius 3 is 2.46 bits per heavy atom. The van der Waals surface area contributed by atoms with E-state index in [1.165, 1.54) is 5.56 Å². The predicted octanol–water partition coefficient (Wildman–Crippen LogP) is 5.33. The molecule has 2 aromatic carbocycles.